The van der Waals surface area contributed by atoms with E-state index in [0.29, 0.717) is 5.92 Å². The number of hydrogen-bond acceptors (Lipinski definition) is 3. The predicted octanol–water partition coefficient (Wildman–Crippen LogP) is 2.16. The van der Waals surface area contributed by atoms with Crippen LogP contribution in [0.1, 0.15) is 30.1 Å². The van der Waals surface area contributed by atoms with E-state index in [1.54, 1.807) is 7.11 Å². The minimum atomic E-state index is 0.134. The summed E-state index contributed by atoms with van der Waals surface area (Å²) >= 11 is 0. The van der Waals surface area contributed by atoms with Gasteiger partial charge in [0.05, 0.1) is 7.11 Å². The fourth-order valence-corrected chi connectivity index (χ4v) is 2.60. The van der Waals surface area contributed by atoms with Crippen molar-refractivity contribution in [2.75, 3.05) is 33.3 Å². The Labute approximate surface area is 121 Å². The maximum absolute atomic E-state index is 12.4. The predicted molar refractivity (Wildman–Crippen MR) is 80.2 cm³/mol. The zero-order valence-corrected chi connectivity index (χ0v) is 12.4. The van der Waals surface area contributed by atoms with E-state index in [4.69, 9.17) is 4.74 Å². The van der Waals surface area contributed by atoms with Crippen molar-refractivity contribution in [2.24, 2.45) is 5.92 Å². The highest BCUT2D eigenvalue weighted by atomic mass is 16.5. The molecule has 1 fully saturated rings. The van der Waals surface area contributed by atoms with Crippen LogP contribution in [0.15, 0.2) is 24.3 Å². The summed E-state index contributed by atoms with van der Waals surface area (Å²) in [5.74, 6) is 1.62. The second-order valence-electron chi connectivity index (χ2n) is 5.27. The summed E-state index contributed by atoms with van der Waals surface area (Å²) in [6.45, 7) is 5.94. The Morgan fingerprint density at radius 1 is 1.30 bits per heavy atom. The quantitative estimate of drug-likeness (QED) is 0.896. The molecule has 0 saturated carbocycles. The largest absolute Gasteiger partial charge is 0.497 e. The molecule has 0 aliphatic carbocycles. The van der Waals surface area contributed by atoms with Gasteiger partial charge in [0.25, 0.3) is 5.91 Å². The topological polar surface area (TPSA) is 41.6 Å². The Bertz CT molecular complexity index is 423. The van der Waals surface area contributed by atoms with Crippen LogP contribution in [-0.2, 0) is 0 Å². The van der Waals surface area contributed by atoms with Crippen LogP contribution >= 0.6 is 0 Å². The highest BCUT2D eigenvalue weighted by molar-refractivity contribution is 5.94. The minimum absolute atomic E-state index is 0.134. The lowest BCUT2D eigenvalue weighted by Gasteiger charge is -2.32. The number of carbonyl (C=O) groups excluding carboxylic acids is 1. The first-order valence-corrected chi connectivity index (χ1v) is 7.38. The molecule has 1 N–H and O–H groups in total. The smallest absolute Gasteiger partial charge is 0.253 e. The Balaban J connectivity index is 1.87. The third kappa shape index (κ3) is 3.73. The number of nitrogens with zero attached hydrogens (tertiary/aromatic N) is 1. The molecule has 4 heteroatoms. The van der Waals surface area contributed by atoms with Gasteiger partial charge >= 0.3 is 0 Å². The maximum Gasteiger partial charge on any atom is 0.253 e. The van der Waals surface area contributed by atoms with Crippen LogP contribution in [0.3, 0.4) is 0 Å². The number of methoxy groups -OCH3 is 1. The zero-order chi connectivity index (χ0) is 14.4. The Kier molecular flexibility index (Phi) is 5.41. The lowest BCUT2D eigenvalue weighted by Crippen LogP contribution is -2.40. The fourth-order valence-electron chi connectivity index (χ4n) is 2.60. The lowest BCUT2D eigenvalue weighted by atomic mass is 9.96. The van der Waals surface area contributed by atoms with Crippen molar-refractivity contribution in [1.29, 1.82) is 0 Å². The molecule has 0 spiro atoms. The van der Waals surface area contributed by atoms with Gasteiger partial charge in [-0.15, -0.1) is 0 Å². The molecule has 0 radical (unpaired) electrons. The molecule has 2 rings (SSSR count). The zero-order valence-electron chi connectivity index (χ0n) is 12.4. The number of ether oxygens (including phenoxy) is 1. The average molecular weight is 276 g/mol. The summed E-state index contributed by atoms with van der Waals surface area (Å²) < 4.78 is 5.11. The number of benzene rings is 1. The van der Waals surface area contributed by atoms with Crippen molar-refractivity contribution in [2.45, 2.75) is 19.8 Å². The van der Waals surface area contributed by atoms with Gasteiger partial charge in [-0.1, -0.05) is 6.92 Å². The van der Waals surface area contributed by atoms with E-state index in [9.17, 15) is 4.79 Å². The molecule has 4 nitrogen and oxygen atoms in total. The molecule has 1 aromatic rings. The van der Waals surface area contributed by atoms with E-state index >= 15 is 0 Å². The molecule has 1 heterocycles. The van der Waals surface area contributed by atoms with Gasteiger partial charge in [0.15, 0.2) is 0 Å². The number of rotatable bonds is 5. The Morgan fingerprint density at radius 2 is 1.95 bits per heavy atom. The second-order valence-corrected chi connectivity index (χ2v) is 5.27. The number of amides is 1. The van der Waals surface area contributed by atoms with E-state index in [2.05, 4.69) is 12.2 Å². The van der Waals surface area contributed by atoms with Gasteiger partial charge in [-0.05, 0) is 56.1 Å². The third-order valence-corrected chi connectivity index (χ3v) is 3.92. The van der Waals surface area contributed by atoms with Crippen molar-refractivity contribution < 1.29 is 9.53 Å². The molecule has 20 heavy (non-hydrogen) atoms. The van der Waals surface area contributed by atoms with E-state index in [-0.39, 0.29) is 5.91 Å². The summed E-state index contributed by atoms with van der Waals surface area (Å²) in [7, 11) is 1.63. The van der Waals surface area contributed by atoms with Gasteiger partial charge in [-0.2, -0.15) is 0 Å². The lowest BCUT2D eigenvalue weighted by molar-refractivity contribution is 0.0690. The van der Waals surface area contributed by atoms with E-state index in [1.165, 1.54) is 0 Å². The molecule has 1 aliphatic rings. The van der Waals surface area contributed by atoms with Crippen LogP contribution in [0.5, 0.6) is 5.75 Å². The van der Waals surface area contributed by atoms with Gasteiger partial charge < -0.3 is 15.0 Å². The molecule has 0 bridgehead atoms. The fraction of sp³-hybridized carbons (Fsp3) is 0.562. The average Bonchev–Trinajstić information content (AvgIpc) is 2.53. The normalized spacial score (nSPS) is 16.2. The van der Waals surface area contributed by atoms with E-state index < -0.39 is 0 Å². The summed E-state index contributed by atoms with van der Waals surface area (Å²) in [5.41, 5.74) is 0.746. The molecule has 1 aliphatic heterocycles. The van der Waals surface area contributed by atoms with Gasteiger partial charge in [0, 0.05) is 18.7 Å². The second kappa shape index (κ2) is 7.29. The number of hydrogen-bond donors (Lipinski definition) is 1. The molecular formula is C16H24N2O2. The van der Waals surface area contributed by atoms with E-state index in [0.717, 1.165) is 50.3 Å². The highest BCUT2D eigenvalue weighted by Gasteiger charge is 2.23. The summed E-state index contributed by atoms with van der Waals surface area (Å²) in [6, 6.07) is 7.36. The third-order valence-electron chi connectivity index (χ3n) is 3.92. The van der Waals surface area contributed by atoms with Crippen LogP contribution in [-0.4, -0.2) is 44.1 Å². The van der Waals surface area contributed by atoms with Gasteiger partial charge in [0.2, 0.25) is 0 Å². The molecule has 1 aromatic carbocycles. The van der Waals surface area contributed by atoms with Crippen LogP contribution in [0.2, 0.25) is 0 Å². The summed E-state index contributed by atoms with van der Waals surface area (Å²) in [6.07, 6.45) is 2.18. The standard InChI is InChI=1S/C16H24N2O2/c1-3-17-12-13-8-10-18(11-9-13)16(19)14-4-6-15(20-2)7-5-14/h4-7,13,17H,3,8-12H2,1-2H3. The van der Waals surface area contributed by atoms with Crippen molar-refractivity contribution in [3.8, 4) is 5.75 Å². The van der Waals surface area contributed by atoms with Crippen molar-refractivity contribution in [3.05, 3.63) is 29.8 Å². The minimum Gasteiger partial charge on any atom is -0.497 e. The number of carbonyl (C=O) groups is 1. The molecule has 110 valence electrons. The van der Waals surface area contributed by atoms with Gasteiger partial charge in [-0.25, -0.2) is 0 Å². The number of likely N-dealkylation sites (tertiary alicyclic amines) is 1. The SMILES string of the molecule is CCNCC1CCN(C(=O)c2ccc(OC)cc2)CC1. The molecule has 1 saturated heterocycles. The number of piperidine rings is 1. The van der Waals surface area contributed by atoms with E-state index in [1.807, 2.05) is 29.2 Å². The maximum atomic E-state index is 12.4. The van der Waals surface area contributed by atoms with Crippen molar-refractivity contribution >= 4 is 5.91 Å². The molecule has 0 unspecified atom stereocenters. The van der Waals surface area contributed by atoms with Crippen LogP contribution < -0.4 is 10.1 Å². The molecular weight excluding hydrogens is 252 g/mol. The Hall–Kier alpha value is -1.55. The van der Waals surface area contributed by atoms with Crippen LogP contribution in [0, 0.1) is 5.92 Å². The first-order valence-electron chi connectivity index (χ1n) is 7.38. The van der Waals surface area contributed by atoms with Gasteiger partial charge in [0.1, 0.15) is 5.75 Å². The first kappa shape index (κ1) is 14.9. The van der Waals surface area contributed by atoms with Crippen molar-refractivity contribution in [3.63, 3.8) is 0 Å². The number of nitrogens with one attached hydrogen (secondary N) is 1. The highest BCUT2D eigenvalue weighted by Crippen LogP contribution is 2.19. The molecule has 1 amide bonds. The van der Waals surface area contributed by atoms with Gasteiger partial charge in [-0.3, -0.25) is 4.79 Å². The van der Waals surface area contributed by atoms with Crippen LogP contribution in [0.4, 0.5) is 0 Å². The molecule has 0 aromatic heterocycles. The Morgan fingerprint density at radius 3 is 2.50 bits per heavy atom. The summed E-state index contributed by atoms with van der Waals surface area (Å²) in [4.78, 5) is 14.4. The molecule has 0 atom stereocenters. The summed E-state index contributed by atoms with van der Waals surface area (Å²) in [5, 5.41) is 3.39. The first-order chi connectivity index (χ1) is 9.74. The van der Waals surface area contributed by atoms with Crippen LogP contribution in [0.25, 0.3) is 0 Å². The monoisotopic (exact) mass is 276 g/mol. The van der Waals surface area contributed by atoms with Crippen molar-refractivity contribution in [1.82, 2.24) is 10.2 Å².